The largest absolute Gasteiger partial charge is 0.383 e. The van der Waals surface area contributed by atoms with Gasteiger partial charge in [-0.2, -0.15) is 5.10 Å². The number of hydrogen-bond acceptors (Lipinski definition) is 3. The van der Waals surface area contributed by atoms with Crippen LogP contribution in [-0.2, 0) is 17.7 Å². The van der Waals surface area contributed by atoms with Crippen LogP contribution in [0.3, 0.4) is 0 Å². The van der Waals surface area contributed by atoms with E-state index >= 15 is 0 Å². The van der Waals surface area contributed by atoms with Crippen LogP contribution < -0.4 is 0 Å². The number of nitrogens with zero attached hydrogens (tertiary/aromatic N) is 2. The molecule has 0 bridgehead atoms. The molecule has 1 aromatic heterocycles. The molecule has 1 heterocycles. The topological polar surface area (TPSA) is 44.1 Å². The van der Waals surface area contributed by atoms with Gasteiger partial charge in [0.15, 0.2) is 5.78 Å². The fourth-order valence-electron chi connectivity index (χ4n) is 1.91. The summed E-state index contributed by atoms with van der Waals surface area (Å²) in [5.41, 5.74) is 1.25. The molecule has 0 amide bonds. The number of carbonyl (C=O) groups excluding carboxylic acids is 1. The lowest BCUT2D eigenvalue weighted by atomic mass is 10.1. The van der Waals surface area contributed by atoms with Gasteiger partial charge in [-0.15, -0.1) is 0 Å². The van der Waals surface area contributed by atoms with E-state index in [4.69, 9.17) is 27.9 Å². The molecular formula is C14H13BrCl2N2O2. The standard InChI is InChI=1S/C14H13BrCl2N2O2/c1-21-5-4-19-14(11(15)8-18-19)13(20)6-9-2-3-10(16)7-12(9)17/h2-3,7-8H,4-6H2,1H3. The second-order valence-corrected chi connectivity index (χ2v) is 6.09. The highest BCUT2D eigenvalue weighted by atomic mass is 79.9. The summed E-state index contributed by atoms with van der Waals surface area (Å²) >= 11 is 15.3. The monoisotopic (exact) mass is 390 g/mol. The molecule has 21 heavy (non-hydrogen) atoms. The van der Waals surface area contributed by atoms with Gasteiger partial charge < -0.3 is 4.74 Å². The number of carbonyl (C=O) groups is 1. The Morgan fingerprint density at radius 1 is 1.43 bits per heavy atom. The number of Topliss-reactive ketones (excluding diaryl/α,β-unsaturated/α-hetero) is 1. The lowest BCUT2D eigenvalue weighted by Crippen LogP contribution is -2.15. The Bertz CT molecular complexity index is 658. The Labute approximate surface area is 141 Å². The van der Waals surface area contributed by atoms with Crippen LogP contribution in [0.5, 0.6) is 0 Å². The summed E-state index contributed by atoms with van der Waals surface area (Å²) in [7, 11) is 1.60. The molecule has 0 fully saturated rings. The van der Waals surface area contributed by atoms with E-state index in [1.807, 2.05) is 0 Å². The fraction of sp³-hybridized carbons (Fsp3) is 0.286. The first-order chi connectivity index (χ1) is 10.0. The number of methoxy groups -OCH3 is 1. The second-order valence-electron chi connectivity index (χ2n) is 4.39. The summed E-state index contributed by atoms with van der Waals surface area (Å²) < 4.78 is 7.30. The van der Waals surface area contributed by atoms with E-state index in [0.717, 1.165) is 5.56 Å². The fourth-order valence-corrected chi connectivity index (χ4v) is 2.90. The van der Waals surface area contributed by atoms with E-state index in [9.17, 15) is 4.79 Å². The highest BCUT2D eigenvalue weighted by Gasteiger charge is 2.18. The number of rotatable bonds is 6. The normalized spacial score (nSPS) is 10.9. The van der Waals surface area contributed by atoms with Gasteiger partial charge >= 0.3 is 0 Å². The van der Waals surface area contributed by atoms with Gasteiger partial charge in [-0.05, 0) is 33.6 Å². The van der Waals surface area contributed by atoms with Gasteiger partial charge in [-0.1, -0.05) is 29.3 Å². The first kappa shape index (κ1) is 16.5. The molecule has 4 nitrogen and oxygen atoms in total. The molecule has 2 aromatic rings. The molecule has 0 N–H and O–H groups in total. The molecular weight excluding hydrogens is 379 g/mol. The van der Waals surface area contributed by atoms with Crippen LogP contribution in [0, 0.1) is 0 Å². The maximum atomic E-state index is 12.5. The first-order valence-corrected chi connectivity index (χ1v) is 7.75. The number of benzene rings is 1. The molecule has 0 aliphatic carbocycles. The molecule has 0 atom stereocenters. The summed E-state index contributed by atoms with van der Waals surface area (Å²) in [5, 5.41) is 5.19. The average molecular weight is 392 g/mol. The molecule has 0 saturated carbocycles. The Morgan fingerprint density at radius 3 is 2.86 bits per heavy atom. The van der Waals surface area contributed by atoms with E-state index in [1.54, 1.807) is 36.2 Å². The van der Waals surface area contributed by atoms with E-state index < -0.39 is 0 Å². The van der Waals surface area contributed by atoms with Gasteiger partial charge in [-0.25, -0.2) is 0 Å². The molecule has 1 aromatic carbocycles. The maximum Gasteiger partial charge on any atom is 0.186 e. The van der Waals surface area contributed by atoms with Crippen molar-refractivity contribution in [2.24, 2.45) is 0 Å². The number of halogens is 3. The van der Waals surface area contributed by atoms with Gasteiger partial charge in [0.2, 0.25) is 0 Å². The van der Waals surface area contributed by atoms with Crippen LogP contribution in [-0.4, -0.2) is 29.3 Å². The van der Waals surface area contributed by atoms with Gasteiger partial charge in [0.1, 0.15) is 5.69 Å². The minimum Gasteiger partial charge on any atom is -0.383 e. The van der Waals surface area contributed by atoms with Crippen LogP contribution in [0.1, 0.15) is 16.1 Å². The Morgan fingerprint density at radius 2 is 2.19 bits per heavy atom. The zero-order valence-electron chi connectivity index (χ0n) is 11.3. The summed E-state index contributed by atoms with van der Waals surface area (Å²) in [6, 6.07) is 5.10. The molecule has 0 aliphatic heterocycles. The van der Waals surface area contributed by atoms with Crippen molar-refractivity contribution >= 4 is 44.9 Å². The molecule has 112 valence electrons. The number of aromatic nitrogens is 2. The van der Waals surface area contributed by atoms with Crippen molar-refractivity contribution in [3.63, 3.8) is 0 Å². The highest BCUT2D eigenvalue weighted by molar-refractivity contribution is 9.10. The predicted molar refractivity (Wildman–Crippen MR) is 86.3 cm³/mol. The van der Waals surface area contributed by atoms with Crippen LogP contribution in [0.4, 0.5) is 0 Å². The molecule has 2 rings (SSSR count). The van der Waals surface area contributed by atoms with Gasteiger partial charge in [0.05, 0.1) is 23.8 Å². The van der Waals surface area contributed by atoms with Crippen LogP contribution in [0.25, 0.3) is 0 Å². The number of ketones is 1. The van der Waals surface area contributed by atoms with Crippen molar-refractivity contribution in [1.82, 2.24) is 9.78 Å². The zero-order valence-corrected chi connectivity index (χ0v) is 14.4. The van der Waals surface area contributed by atoms with Crippen molar-refractivity contribution in [3.8, 4) is 0 Å². The van der Waals surface area contributed by atoms with E-state index in [0.29, 0.717) is 33.4 Å². The minimum atomic E-state index is -0.0697. The van der Waals surface area contributed by atoms with Crippen LogP contribution >= 0.6 is 39.1 Å². The minimum absolute atomic E-state index is 0.0697. The molecule has 0 aliphatic rings. The van der Waals surface area contributed by atoms with Crippen molar-refractivity contribution in [1.29, 1.82) is 0 Å². The summed E-state index contributed by atoms with van der Waals surface area (Å²) in [6.07, 6.45) is 1.79. The molecule has 7 heteroatoms. The van der Waals surface area contributed by atoms with Crippen molar-refractivity contribution in [3.05, 3.63) is 50.2 Å². The average Bonchev–Trinajstić information content (AvgIpc) is 2.80. The predicted octanol–water partition coefficient (Wildman–Crippen LogP) is 4.02. The Balaban J connectivity index is 2.22. The molecule has 0 spiro atoms. The number of hydrogen-bond donors (Lipinski definition) is 0. The van der Waals surface area contributed by atoms with E-state index in [-0.39, 0.29) is 12.2 Å². The molecule has 0 saturated heterocycles. The van der Waals surface area contributed by atoms with E-state index in [2.05, 4.69) is 21.0 Å². The van der Waals surface area contributed by atoms with Gasteiger partial charge in [-0.3, -0.25) is 9.48 Å². The third-order valence-electron chi connectivity index (χ3n) is 2.93. The van der Waals surface area contributed by atoms with Crippen molar-refractivity contribution in [2.45, 2.75) is 13.0 Å². The van der Waals surface area contributed by atoms with Crippen LogP contribution in [0.15, 0.2) is 28.9 Å². The third kappa shape index (κ3) is 4.07. The quantitative estimate of drug-likeness (QED) is 0.698. The maximum absolute atomic E-state index is 12.5. The Kier molecular flexibility index (Phi) is 5.81. The first-order valence-electron chi connectivity index (χ1n) is 6.20. The summed E-state index contributed by atoms with van der Waals surface area (Å²) in [6.45, 7) is 0.994. The Hall–Kier alpha value is -0.880. The molecule has 0 radical (unpaired) electrons. The van der Waals surface area contributed by atoms with Crippen LogP contribution in [0.2, 0.25) is 10.0 Å². The van der Waals surface area contributed by atoms with Gasteiger partial charge in [0.25, 0.3) is 0 Å². The van der Waals surface area contributed by atoms with Gasteiger partial charge in [0, 0.05) is 23.6 Å². The smallest absolute Gasteiger partial charge is 0.186 e. The van der Waals surface area contributed by atoms with Crippen molar-refractivity contribution < 1.29 is 9.53 Å². The summed E-state index contributed by atoms with van der Waals surface area (Å²) in [5.74, 6) is -0.0697. The third-order valence-corrected chi connectivity index (χ3v) is 4.10. The van der Waals surface area contributed by atoms with E-state index in [1.165, 1.54) is 0 Å². The second kappa shape index (κ2) is 7.40. The lowest BCUT2D eigenvalue weighted by molar-refractivity contribution is 0.0978. The number of ether oxygens (including phenoxy) is 1. The lowest BCUT2D eigenvalue weighted by Gasteiger charge is -2.08. The molecule has 0 unspecified atom stereocenters. The van der Waals surface area contributed by atoms with Crippen molar-refractivity contribution in [2.75, 3.05) is 13.7 Å². The highest BCUT2D eigenvalue weighted by Crippen LogP contribution is 2.24. The SMILES string of the molecule is COCCn1ncc(Br)c1C(=O)Cc1ccc(Cl)cc1Cl. The zero-order chi connectivity index (χ0) is 15.4. The summed E-state index contributed by atoms with van der Waals surface area (Å²) in [4.78, 5) is 12.5.